The number of carbonyl (C=O) groups excluding carboxylic acids is 1. The summed E-state index contributed by atoms with van der Waals surface area (Å²) >= 11 is 0. The second kappa shape index (κ2) is 5.12. The Morgan fingerprint density at radius 3 is 3.17 bits per heavy atom. The average Bonchev–Trinajstić information content (AvgIpc) is 2.80. The van der Waals surface area contributed by atoms with Crippen LogP contribution in [0.2, 0.25) is 0 Å². The van der Waals surface area contributed by atoms with Gasteiger partial charge in [0, 0.05) is 13.1 Å². The summed E-state index contributed by atoms with van der Waals surface area (Å²) in [5.74, 6) is 0.00556. The largest absolute Gasteiger partial charge is 0.397 e. The molecule has 1 aromatic rings. The molecule has 96 valence electrons. The van der Waals surface area contributed by atoms with E-state index in [9.17, 15) is 4.79 Å². The molecule has 0 spiro atoms. The molecule has 0 saturated heterocycles. The van der Waals surface area contributed by atoms with Gasteiger partial charge in [-0.05, 0) is 25.0 Å². The van der Waals surface area contributed by atoms with Crippen LogP contribution in [0.4, 0.5) is 11.4 Å². The van der Waals surface area contributed by atoms with Crippen LogP contribution in [0.5, 0.6) is 0 Å². The Labute approximate surface area is 107 Å². The Morgan fingerprint density at radius 2 is 2.44 bits per heavy atom. The van der Waals surface area contributed by atoms with Gasteiger partial charge in [-0.1, -0.05) is 18.2 Å². The van der Waals surface area contributed by atoms with Crippen LogP contribution >= 0.6 is 0 Å². The molecular formula is C14H19N3O. The minimum Gasteiger partial charge on any atom is -0.397 e. The van der Waals surface area contributed by atoms with Gasteiger partial charge in [0.15, 0.2) is 0 Å². The topological polar surface area (TPSA) is 58.4 Å². The summed E-state index contributed by atoms with van der Waals surface area (Å²) in [6.45, 7) is 6.83. The summed E-state index contributed by atoms with van der Waals surface area (Å²) < 4.78 is 0. The molecule has 18 heavy (non-hydrogen) atoms. The molecule has 2 rings (SSSR count). The highest BCUT2D eigenvalue weighted by Gasteiger charge is 2.28. The standard InChI is InChI=1S/C14H19N3O/c1-3-8-16-14(18)10(2)17-9-7-11-5-4-6-12(15)13(11)17/h3-6,10H,1,7-9,15H2,2H3,(H,16,18). The van der Waals surface area contributed by atoms with Crippen molar-refractivity contribution in [3.05, 3.63) is 36.4 Å². The maximum Gasteiger partial charge on any atom is 0.242 e. The van der Waals surface area contributed by atoms with Crippen molar-refractivity contribution in [3.63, 3.8) is 0 Å². The zero-order valence-electron chi connectivity index (χ0n) is 10.6. The highest BCUT2D eigenvalue weighted by Crippen LogP contribution is 2.34. The summed E-state index contributed by atoms with van der Waals surface area (Å²) in [6, 6.07) is 5.70. The van der Waals surface area contributed by atoms with Crippen LogP contribution < -0.4 is 16.0 Å². The van der Waals surface area contributed by atoms with E-state index in [4.69, 9.17) is 5.73 Å². The number of anilines is 2. The molecule has 0 aliphatic carbocycles. The number of nitrogens with one attached hydrogen (secondary N) is 1. The fourth-order valence-corrected chi connectivity index (χ4v) is 2.37. The lowest BCUT2D eigenvalue weighted by Crippen LogP contribution is -2.44. The van der Waals surface area contributed by atoms with Gasteiger partial charge in [-0.2, -0.15) is 0 Å². The minimum atomic E-state index is -0.212. The minimum absolute atomic E-state index is 0.00556. The molecule has 0 aromatic heterocycles. The number of fused-ring (bicyclic) bond motifs is 1. The van der Waals surface area contributed by atoms with Crippen molar-refractivity contribution in [3.8, 4) is 0 Å². The highest BCUT2D eigenvalue weighted by atomic mass is 16.2. The maximum absolute atomic E-state index is 12.0. The average molecular weight is 245 g/mol. The van der Waals surface area contributed by atoms with E-state index in [0.717, 1.165) is 24.3 Å². The highest BCUT2D eigenvalue weighted by molar-refractivity contribution is 5.88. The van der Waals surface area contributed by atoms with Crippen LogP contribution in [0.3, 0.4) is 0 Å². The van der Waals surface area contributed by atoms with Gasteiger partial charge in [0.05, 0.1) is 11.4 Å². The van der Waals surface area contributed by atoms with E-state index >= 15 is 0 Å². The molecule has 1 aliphatic heterocycles. The predicted molar refractivity (Wildman–Crippen MR) is 74.6 cm³/mol. The number of hydrogen-bond acceptors (Lipinski definition) is 3. The van der Waals surface area contributed by atoms with Crippen LogP contribution in [0.15, 0.2) is 30.9 Å². The van der Waals surface area contributed by atoms with E-state index < -0.39 is 0 Å². The molecular weight excluding hydrogens is 226 g/mol. The van der Waals surface area contributed by atoms with Gasteiger partial charge in [-0.15, -0.1) is 6.58 Å². The first kappa shape index (κ1) is 12.5. The number of nitrogens with zero attached hydrogens (tertiary/aromatic N) is 1. The molecule has 0 fully saturated rings. The van der Waals surface area contributed by atoms with E-state index in [-0.39, 0.29) is 11.9 Å². The van der Waals surface area contributed by atoms with Crippen molar-refractivity contribution in [2.24, 2.45) is 0 Å². The Balaban J connectivity index is 2.17. The molecule has 0 radical (unpaired) electrons. The van der Waals surface area contributed by atoms with Crippen molar-refractivity contribution in [2.45, 2.75) is 19.4 Å². The van der Waals surface area contributed by atoms with Crippen molar-refractivity contribution >= 4 is 17.3 Å². The van der Waals surface area contributed by atoms with Gasteiger partial charge >= 0.3 is 0 Å². The smallest absolute Gasteiger partial charge is 0.242 e. The first-order valence-electron chi connectivity index (χ1n) is 6.17. The normalized spacial score (nSPS) is 15.1. The van der Waals surface area contributed by atoms with Crippen molar-refractivity contribution in [1.29, 1.82) is 0 Å². The molecule has 1 unspecified atom stereocenters. The van der Waals surface area contributed by atoms with Gasteiger partial charge in [-0.3, -0.25) is 4.79 Å². The Hall–Kier alpha value is -1.97. The molecule has 1 aromatic carbocycles. The molecule has 1 aliphatic rings. The first-order valence-corrected chi connectivity index (χ1v) is 6.17. The lowest BCUT2D eigenvalue weighted by molar-refractivity contribution is -0.121. The number of carbonyl (C=O) groups is 1. The molecule has 1 atom stereocenters. The molecule has 3 N–H and O–H groups in total. The SMILES string of the molecule is C=CCNC(=O)C(C)N1CCc2cccc(N)c21. The lowest BCUT2D eigenvalue weighted by atomic mass is 10.1. The lowest BCUT2D eigenvalue weighted by Gasteiger charge is -2.27. The van der Waals surface area contributed by atoms with Crippen molar-refractivity contribution in [2.75, 3.05) is 23.7 Å². The summed E-state index contributed by atoms with van der Waals surface area (Å²) in [5, 5.41) is 2.82. The number of benzene rings is 1. The number of rotatable bonds is 4. The van der Waals surface area contributed by atoms with Crippen molar-refractivity contribution < 1.29 is 4.79 Å². The third-order valence-electron chi connectivity index (χ3n) is 3.33. The second-order valence-corrected chi connectivity index (χ2v) is 4.51. The maximum atomic E-state index is 12.0. The third-order valence-corrected chi connectivity index (χ3v) is 3.33. The zero-order valence-corrected chi connectivity index (χ0v) is 10.6. The van der Waals surface area contributed by atoms with E-state index in [2.05, 4.69) is 22.9 Å². The first-order chi connectivity index (χ1) is 8.65. The number of nitrogen functional groups attached to an aromatic ring is 1. The van der Waals surface area contributed by atoms with E-state index in [0.29, 0.717) is 6.54 Å². The van der Waals surface area contributed by atoms with Gasteiger partial charge < -0.3 is 16.0 Å². The molecule has 0 saturated carbocycles. The quantitative estimate of drug-likeness (QED) is 0.621. The Kier molecular flexibility index (Phi) is 3.55. The van der Waals surface area contributed by atoms with E-state index in [1.807, 2.05) is 19.1 Å². The predicted octanol–water partition coefficient (Wildman–Crippen LogP) is 1.32. The summed E-state index contributed by atoms with van der Waals surface area (Å²) in [5.41, 5.74) is 8.99. The molecule has 1 heterocycles. The Morgan fingerprint density at radius 1 is 1.67 bits per heavy atom. The molecule has 4 nitrogen and oxygen atoms in total. The van der Waals surface area contributed by atoms with Gasteiger partial charge in [-0.25, -0.2) is 0 Å². The van der Waals surface area contributed by atoms with Gasteiger partial charge in [0.1, 0.15) is 6.04 Å². The van der Waals surface area contributed by atoms with Gasteiger partial charge in [0.2, 0.25) is 5.91 Å². The monoisotopic (exact) mass is 245 g/mol. The van der Waals surface area contributed by atoms with E-state index in [1.54, 1.807) is 6.08 Å². The number of para-hydroxylation sites is 1. The third kappa shape index (κ3) is 2.18. The zero-order chi connectivity index (χ0) is 13.1. The fraction of sp³-hybridized carbons (Fsp3) is 0.357. The number of amides is 1. The fourth-order valence-electron chi connectivity index (χ4n) is 2.37. The van der Waals surface area contributed by atoms with Crippen molar-refractivity contribution in [1.82, 2.24) is 5.32 Å². The van der Waals surface area contributed by atoms with Crippen LogP contribution in [-0.2, 0) is 11.2 Å². The summed E-state index contributed by atoms with van der Waals surface area (Å²) in [7, 11) is 0. The summed E-state index contributed by atoms with van der Waals surface area (Å²) in [4.78, 5) is 14.0. The Bertz CT molecular complexity index is 470. The molecule has 1 amide bonds. The van der Waals surface area contributed by atoms with Crippen LogP contribution in [0.1, 0.15) is 12.5 Å². The van der Waals surface area contributed by atoms with Crippen LogP contribution in [-0.4, -0.2) is 25.0 Å². The van der Waals surface area contributed by atoms with Crippen LogP contribution in [0.25, 0.3) is 0 Å². The van der Waals surface area contributed by atoms with E-state index in [1.165, 1.54) is 5.56 Å². The molecule has 4 heteroatoms. The van der Waals surface area contributed by atoms with Crippen LogP contribution in [0, 0.1) is 0 Å². The molecule has 0 bridgehead atoms. The number of hydrogen-bond donors (Lipinski definition) is 2. The number of nitrogens with two attached hydrogens (primary N) is 1. The summed E-state index contributed by atoms with van der Waals surface area (Å²) in [6.07, 6.45) is 2.62. The second-order valence-electron chi connectivity index (χ2n) is 4.51. The van der Waals surface area contributed by atoms with Gasteiger partial charge in [0.25, 0.3) is 0 Å².